The molecular weight excluding hydrogens is 230 g/mol. The normalized spacial score (nSPS) is 23.8. The molecule has 1 N–H and O–H groups in total. The number of nitrogens with one attached hydrogen (secondary N) is 1. The van der Waals surface area contributed by atoms with E-state index in [9.17, 15) is 8.42 Å². The summed E-state index contributed by atoms with van der Waals surface area (Å²) in [5.74, 6) is 1.21. The van der Waals surface area contributed by atoms with Gasteiger partial charge in [-0.2, -0.15) is 4.98 Å². The maximum atomic E-state index is 11.2. The van der Waals surface area contributed by atoms with Crippen LogP contribution in [-0.4, -0.2) is 36.1 Å². The average Bonchev–Trinajstić information content (AvgIpc) is 2.73. The highest BCUT2D eigenvalue weighted by Gasteiger charge is 2.28. The fourth-order valence-electron chi connectivity index (χ4n) is 1.61. The largest absolute Gasteiger partial charge is 0.334 e. The van der Waals surface area contributed by atoms with Gasteiger partial charge in [0.15, 0.2) is 15.7 Å². The van der Waals surface area contributed by atoms with E-state index >= 15 is 0 Å². The fraction of sp³-hybridized carbons (Fsp3) is 0.778. The van der Waals surface area contributed by atoms with Gasteiger partial charge in [0.05, 0.1) is 11.5 Å². The first kappa shape index (κ1) is 11.4. The highest BCUT2D eigenvalue weighted by molar-refractivity contribution is 7.91. The lowest BCUT2D eigenvalue weighted by Gasteiger charge is -2.06. The van der Waals surface area contributed by atoms with Crippen LogP contribution in [0.1, 0.15) is 32.0 Å². The highest BCUT2D eigenvalue weighted by atomic mass is 32.2. The summed E-state index contributed by atoms with van der Waals surface area (Å²) in [6.45, 7) is 3.93. The van der Waals surface area contributed by atoms with E-state index in [0.717, 1.165) is 0 Å². The van der Waals surface area contributed by atoms with Crippen LogP contribution in [0.25, 0.3) is 0 Å². The van der Waals surface area contributed by atoms with E-state index in [0.29, 0.717) is 18.3 Å². The van der Waals surface area contributed by atoms with Crippen molar-refractivity contribution in [2.75, 3.05) is 16.8 Å². The van der Waals surface area contributed by atoms with E-state index in [1.807, 2.05) is 13.8 Å². The molecule has 1 aromatic rings. The third-order valence-corrected chi connectivity index (χ3v) is 4.29. The van der Waals surface area contributed by atoms with Crippen LogP contribution in [0.4, 0.5) is 6.01 Å². The van der Waals surface area contributed by atoms with Crippen LogP contribution < -0.4 is 5.32 Å². The summed E-state index contributed by atoms with van der Waals surface area (Å²) in [6.07, 6.45) is 0.599. The first-order valence-electron chi connectivity index (χ1n) is 5.27. The molecule has 0 aliphatic carbocycles. The molecular formula is C9H15N3O3S. The van der Waals surface area contributed by atoms with Crippen molar-refractivity contribution in [1.29, 1.82) is 0 Å². The van der Waals surface area contributed by atoms with Crippen LogP contribution in [0.3, 0.4) is 0 Å². The zero-order chi connectivity index (χ0) is 11.8. The molecule has 1 aliphatic heterocycles. The van der Waals surface area contributed by atoms with Gasteiger partial charge in [-0.05, 0) is 6.42 Å². The number of aromatic nitrogens is 2. The topological polar surface area (TPSA) is 85.1 Å². The Morgan fingerprint density at radius 2 is 2.25 bits per heavy atom. The van der Waals surface area contributed by atoms with Crippen LogP contribution in [0.5, 0.6) is 0 Å². The number of hydrogen-bond acceptors (Lipinski definition) is 6. The Labute approximate surface area is 94.3 Å². The van der Waals surface area contributed by atoms with Gasteiger partial charge in [-0.25, -0.2) is 8.42 Å². The molecule has 2 heterocycles. The SMILES string of the molecule is CC(C)c1noc(NC2CCS(=O)(=O)C2)n1. The average molecular weight is 245 g/mol. The molecule has 90 valence electrons. The van der Waals surface area contributed by atoms with Crippen LogP contribution in [-0.2, 0) is 9.84 Å². The Balaban J connectivity index is 2.00. The Morgan fingerprint density at radius 3 is 2.75 bits per heavy atom. The summed E-state index contributed by atoms with van der Waals surface area (Å²) in [4.78, 5) is 4.14. The van der Waals surface area contributed by atoms with Crippen LogP contribution in [0, 0.1) is 0 Å². The van der Waals surface area contributed by atoms with E-state index in [1.54, 1.807) is 0 Å². The molecule has 16 heavy (non-hydrogen) atoms. The molecule has 0 radical (unpaired) electrons. The number of rotatable bonds is 3. The second-order valence-corrected chi connectivity index (χ2v) is 6.59. The van der Waals surface area contributed by atoms with Crippen molar-refractivity contribution in [1.82, 2.24) is 10.1 Å². The quantitative estimate of drug-likeness (QED) is 0.847. The Kier molecular flexibility index (Phi) is 2.88. The molecule has 0 bridgehead atoms. The second-order valence-electron chi connectivity index (χ2n) is 4.36. The van der Waals surface area contributed by atoms with Gasteiger partial charge in [0.2, 0.25) is 0 Å². The van der Waals surface area contributed by atoms with Crippen LogP contribution in [0.2, 0.25) is 0 Å². The van der Waals surface area contributed by atoms with Crippen LogP contribution in [0.15, 0.2) is 4.52 Å². The van der Waals surface area contributed by atoms with Gasteiger partial charge in [-0.15, -0.1) is 0 Å². The van der Waals surface area contributed by atoms with Gasteiger partial charge in [-0.1, -0.05) is 19.0 Å². The molecule has 1 unspecified atom stereocenters. The van der Waals surface area contributed by atoms with Gasteiger partial charge >= 0.3 is 6.01 Å². The van der Waals surface area contributed by atoms with Crippen molar-refractivity contribution >= 4 is 15.9 Å². The van der Waals surface area contributed by atoms with Gasteiger partial charge in [0.1, 0.15) is 0 Å². The van der Waals surface area contributed by atoms with E-state index in [1.165, 1.54) is 0 Å². The summed E-state index contributed by atoms with van der Waals surface area (Å²) < 4.78 is 27.5. The minimum Gasteiger partial charge on any atom is -0.334 e. The van der Waals surface area contributed by atoms with Crippen molar-refractivity contribution in [3.05, 3.63) is 5.82 Å². The lowest BCUT2D eigenvalue weighted by atomic mass is 10.2. The van der Waals surface area contributed by atoms with Gasteiger partial charge < -0.3 is 9.84 Å². The number of nitrogens with zero attached hydrogens (tertiary/aromatic N) is 2. The third kappa shape index (κ3) is 2.52. The van der Waals surface area contributed by atoms with E-state index < -0.39 is 9.84 Å². The molecule has 0 aromatic carbocycles. The maximum absolute atomic E-state index is 11.2. The Bertz CT molecular complexity index is 466. The van der Waals surface area contributed by atoms with Gasteiger partial charge in [0.25, 0.3) is 0 Å². The maximum Gasteiger partial charge on any atom is 0.321 e. The molecule has 1 aliphatic rings. The van der Waals surface area contributed by atoms with Crippen LogP contribution >= 0.6 is 0 Å². The van der Waals surface area contributed by atoms with Crippen molar-refractivity contribution < 1.29 is 12.9 Å². The first-order chi connectivity index (χ1) is 7.46. The third-order valence-electron chi connectivity index (χ3n) is 2.52. The molecule has 1 saturated heterocycles. The molecule has 2 rings (SSSR count). The molecule has 6 nitrogen and oxygen atoms in total. The smallest absolute Gasteiger partial charge is 0.321 e. The molecule has 1 fully saturated rings. The molecule has 0 saturated carbocycles. The molecule has 0 spiro atoms. The zero-order valence-corrected chi connectivity index (χ0v) is 10.1. The minimum absolute atomic E-state index is 0.106. The fourth-order valence-corrected chi connectivity index (χ4v) is 3.28. The summed E-state index contributed by atoms with van der Waals surface area (Å²) in [5.41, 5.74) is 0. The summed E-state index contributed by atoms with van der Waals surface area (Å²) in [7, 11) is -2.88. The predicted octanol–water partition coefficient (Wildman–Crippen LogP) is 0.792. The lowest BCUT2D eigenvalue weighted by molar-refractivity contribution is 0.416. The summed E-state index contributed by atoms with van der Waals surface area (Å²) in [6, 6.07) is 0.205. The Morgan fingerprint density at radius 1 is 1.50 bits per heavy atom. The predicted molar refractivity (Wildman–Crippen MR) is 59.1 cm³/mol. The monoisotopic (exact) mass is 245 g/mol. The van der Waals surface area contributed by atoms with Crippen molar-refractivity contribution in [2.24, 2.45) is 0 Å². The van der Waals surface area contributed by atoms with Gasteiger partial charge in [-0.3, -0.25) is 0 Å². The highest BCUT2D eigenvalue weighted by Crippen LogP contribution is 2.18. The van der Waals surface area contributed by atoms with Crippen molar-refractivity contribution in [3.8, 4) is 0 Å². The molecule has 7 heteroatoms. The minimum atomic E-state index is -2.88. The zero-order valence-electron chi connectivity index (χ0n) is 9.30. The van der Waals surface area contributed by atoms with E-state index in [2.05, 4.69) is 15.5 Å². The molecule has 0 amide bonds. The Hall–Kier alpha value is -1.11. The number of anilines is 1. The van der Waals surface area contributed by atoms with Crippen molar-refractivity contribution in [3.63, 3.8) is 0 Å². The van der Waals surface area contributed by atoms with Gasteiger partial charge in [0, 0.05) is 12.0 Å². The number of hydrogen-bond donors (Lipinski definition) is 1. The summed E-state index contributed by atoms with van der Waals surface area (Å²) >= 11 is 0. The van der Waals surface area contributed by atoms with E-state index in [-0.39, 0.29) is 23.5 Å². The standard InChI is InChI=1S/C9H15N3O3S/c1-6(2)8-11-9(15-12-8)10-7-3-4-16(13,14)5-7/h6-7H,3-5H2,1-2H3,(H,10,11,12). The lowest BCUT2D eigenvalue weighted by Crippen LogP contribution is -2.20. The molecule has 1 aromatic heterocycles. The molecule has 1 atom stereocenters. The van der Waals surface area contributed by atoms with E-state index in [4.69, 9.17) is 4.52 Å². The summed E-state index contributed by atoms with van der Waals surface area (Å²) in [5, 5.41) is 6.75. The second kappa shape index (κ2) is 4.04. The van der Waals surface area contributed by atoms with Crippen molar-refractivity contribution in [2.45, 2.75) is 32.2 Å². The number of sulfone groups is 1. The first-order valence-corrected chi connectivity index (χ1v) is 7.09.